The van der Waals surface area contributed by atoms with E-state index in [9.17, 15) is 9.59 Å². The molecule has 4 heterocycles. The van der Waals surface area contributed by atoms with Crippen LogP contribution in [0.2, 0.25) is 0 Å². The number of imide groups is 1. The van der Waals surface area contributed by atoms with E-state index in [4.69, 9.17) is 9.47 Å². The van der Waals surface area contributed by atoms with Gasteiger partial charge in [-0.2, -0.15) is 20.0 Å². The Balaban J connectivity index is 1.26. The fraction of sp³-hybridized carbons (Fsp3) is 0.400. The van der Waals surface area contributed by atoms with Gasteiger partial charge in [0.1, 0.15) is 0 Å². The Morgan fingerprint density at radius 1 is 0.784 bits per heavy atom. The maximum absolute atomic E-state index is 13.3. The minimum atomic E-state index is -0.454. The highest BCUT2D eigenvalue weighted by Crippen LogP contribution is 2.30. The molecule has 2 N–H and O–H groups in total. The number of hydrogen-bond donors (Lipinski definition) is 2. The van der Waals surface area contributed by atoms with Crippen LogP contribution in [-0.4, -0.2) is 102 Å². The number of carbonyl (C=O) groups excluding carboxylic acids is 2. The van der Waals surface area contributed by atoms with Crippen molar-refractivity contribution in [3.05, 3.63) is 47.5 Å². The molecule has 12 nitrogen and oxygen atoms in total. The fourth-order valence-corrected chi connectivity index (χ4v) is 4.78. The van der Waals surface area contributed by atoms with Gasteiger partial charge in [-0.25, -0.2) is 0 Å². The van der Waals surface area contributed by atoms with Gasteiger partial charge in [-0.3, -0.25) is 19.9 Å². The molecular weight excluding hydrogens is 476 g/mol. The van der Waals surface area contributed by atoms with E-state index < -0.39 is 11.8 Å². The topological polar surface area (TPSA) is 125 Å². The first-order valence-corrected chi connectivity index (χ1v) is 12.5. The van der Waals surface area contributed by atoms with Crippen molar-refractivity contribution in [3.8, 4) is 0 Å². The van der Waals surface area contributed by atoms with Gasteiger partial charge in [-0.1, -0.05) is 24.3 Å². The van der Waals surface area contributed by atoms with E-state index in [1.165, 1.54) is 0 Å². The van der Waals surface area contributed by atoms with E-state index in [0.717, 1.165) is 43.2 Å². The molecule has 0 unspecified atom stereocenters. The maximum atomic E-state index is 13.3. The SMILES string of the molecule is O=C1c2cccc3cccc(c23)C(=O)N1Nc1nc(NCCN2CCOCC2)nc(N2CCOCC2)n1. The Morgan fingerprint density at radius 2 is 1.41 bits per heavy atom. The third-order valence-corrected chi connectivity index (χ3v) is 6.72. The number of aromatic nitrogens is 3. The summed E-state index contributed by atoms with van der Waals surface area (Å²) in [7, 11) is 0. The number of benzene rings is 2. The molecule has 3 aliphatic rings. The van der Waals surface area contributed by atoms with E-state index in [2.05, 4.69) is 30.6 Å². The predicted molar refractivity (Wildman–Crippen MR) is 137 cm³/mol. The molecule has 0 saturated carbocycles. The fourth-order valence-electron chi connectivity index (χ4n) is 4.78. The summed E-state index contributed by atoms with van der Waals surface area (Å²) in [6, 6.07) is 10.8. The highest BCUT2D eigenvalue weighted by molar-refractivity contribution is 6.25. The van der Waals surface area contributed by atoms with Crippen LogP contribution in [-0.2, 0) is 9.47 Å². The Morgan fingerprint density at radius 3 is 2.08 bits per heavy atom. The molecule has 6 rings (SSSR count). The van der Waals surface area contributed by atoms with Crippen molar-refractivity contribution in [2.24, 2.45) is 0 Å². The molecule has 2 amide bonds. The molecule has 0 atom stereocenters. The summed E-state index contributed by atoms with van der Waals surface area (Å²) >= 11 is 0. The third-order valence-electron chi connectivity index (χ3n) is 6.72. The van der Waals surface area contributed by atoms with Gasteiger partial charge in [0.2, 0.25) is 17.8 Å². The van der Waals surface area contributed by atoms with Gasteiger partial charge in [0.25, 0.3) is 11.8 Å². The summed E-state index contributed by atoms with van der Waals surface area (Å²) in [5.74, 6) is 0.0216. The lowest BCUT2D eigenvalue weighted by Gasteiger charge is -2.29. The number of morpholine rings is 2. The van der Waals surface area contributed by atoms with Gasteiger partial charge in [-0.05, 0) is 17.5 Å². The van der Waals surface area contributed by atoms with Crippen molar-refractivity contribution in [1.29, 1.82) is 0 Å². The second-order valence-electron chi connectivity index (χ2n) is 9.03. The number of hydrogen-bond acceptors (Lipinski definition) is 11. The number of carbonyl (C=O) groups is 2. The van der Waals surface area contributed by atoms with Crippen molar-refractivity contribution in [2.75, 3.05) is 81.3 Å². The second-order valence-corrected chi connectivity index (χ2v) is 9.03. The van der Waals surface area contributed by atoms with E-state index in [1.807, 2.05) is 29.2 Å². The summed E-state index contributed by atoms with van der Waals surface area (Å²) in [5.41, 5.74) is 3.77. The Kier molecular flexibility index (Phi) is 6.51. The number of amides is 2. The van der Waals surface area contributed by atoms with Gasteiger partial charge in [0.05, 0.1) is 37.6 Å². The quantitative estimate of drug-likeness (QED) is 0.451. The van der Waals surface area contributed by atoms with Gasteiger partial charge in [0, 0.05) is 44.7 Å². The number of ether oxygens (including phenoxy) is 2. The van der Waals surface area contributed by atoms with Crippen LogP contribution >= 0.6 is 0 Å². The van der Waals surface area contributed by atoms with Crippen LogP contribution in [0.25, 0.3) is 10.8 Å². The van der Waals surface area contributed by atoms with Crippen molar-refractivity contribution in [3.63, 3.8) is 0 Å². The summed E-state index contributed by atoms with van der Waals surface area (Å²) in [5, 5.41) is 5.76. The first kappa shape index (κ1) is 23.5. The largest absolute Gasteiger partial charge is 0.379 e. The molecule has 1 aromatic heterocycles. The Bertz CT molecular complexity index is 1270. The number of hydrazine groups is 1. The monoisotopic (exact) mass is 504 g/mol. The Labute approximate surface area is 213 Å². The third kappa shape index (κ3) is 4.78. The summed E-state index contributed by atoms with van der Waals surface area (Å²) < 4.78 is 10.9. The average Bonchev–Trinajstić information content (AvgIpc) is 2.95. The predicted octanol–water partition coefficient (Wildman–Crippen LogP) is 1.23. The number of rotatable bonds is 7. The van der Waals surface area contributed by atoms with Crippen LogP contribution in [0.15, 0.2) is 36.4 Å². The van der Waals surface area contributed by atoms with E-state index in [1.54, 1.807) is 12.1 Å². The molecule has 0 bridgehead atoms. The zero-order valence-electron chi connectivity index (χ0n) is 20.4. The average molecular weight is 505 g/mol. The number of nitrogens with zero attached hydrogens (tertiary/aromatic N) is 6. The number of anilines is 3. The lowest BCUT2D eigenvalue weighted by molar-refractivity contribution is 0.0398. The molecule has 192 valence electrons. The highest BCUT2D eigenvalue weighted by Gasteiger charge is 2.34. The van der Waals surface area contributed by atoms with Crippen LogP contribution in [0.1, 0.15) is 20.7 Å². The Hall–Kier alpha value is -3.87. The van der Waals surface area contributed by atoms with Crippen molar-refractivity contribution >= 4 is 40.4 Å². The van der Waals surface area contributed by atoms with E-state index in [0.29, 0.717) is 61.3 Å². The molecule has 3 aromatic rings. The van der Waals surface area contributed by atoms with Gasteiger partial charge >= 0.3 is 0 Å². The van der Waals surface area contributed by atoms with Crippen LogP contribution in [0.3, 0.4) is 0 Å². The smallest absolute Gasteiger partial charge is 0.280 e. The van der Waals surface area contributed by atoms with Crippen LogP contribution in [0.5, 0.6) is 0 Å². The van der Waals surface area contributed by atoms with Gasteiger partial charge in [0.15, 0.2) is 0 Å². The molecule has 2 aromatic carbocycles. The zero-order chi connectivity index (χ0) is 25.2. The summed E-state index contributed by atoms with van der Waals surface area (Å²) in [4.78, 5) is 44.6. The first-order valence-electron chi connectivity index (χ1n) is 12.5. The minimum absolute atomic E-state index is 0.110. The van der Waals surface area contributed by atoms with Gasteiger partial charge < -0.3 is 19.7 Å². The van der Waals surface area contributed by atoms with E-state index >= 15 is 0 Å². The molecule has 0 spiro atoms. The molecule has 2 fully saturated rings. The van der Waals surface area contributed by atoms with E-state index in [-0.39, 0.29) is 5.95 Å². The molecular formula is C25H28N8O4. The highest BCUT2D eigenvalue weighted by atomic mass is 16.5. The second kappa shape index (κ2) is 10.2. The molecule has 0 aliphatic carbocycles. The number of nitrogens with one attached hydrogen (secondary N) is 2. The van der Waals surface area contributed by atoms with Gasteiger partial charge in [-0.15, -0.1) is 0 Å². The minimum Gasteiger partial charge on any atom is -0.379 e. The lowest BCUT2D eigenvalue weighted by atomic mass is 9.95. The summed E-state index contributed by atoms with van der Waals surface area (Å²) in [6.07, 6.45) is 0. The zero-order valence-corrected chi connectivity index (χ0v) is 20.4. The standard InChI is InChI=1S/C25H28N8O4/c34-21-18-5-1-3-17-4-2-6-19(20(17)18)22(35)33(21)30-24-27-23(26-7-8-31-9-13-36-14-10-31)28-25(29-24)32-11-15-37-16-12-32/h1-6H,7-16H2,(H2,26,27,28,29,30). The van der Waals surface area contributed by atoms with Crippen LogP contribution < -0.4 is 15.6 Å². The normalized spacial score (nSPS) is 18.4. The van der Waals surface area contributed by atoms with Crippen molar-refractivity contribution in [1.82, 2.24) is 24.9 Å². The van der Waals surface area contributed by atoms with Crippen LogP contribution in [0.4, 0.5) is 17.8 Å². The molecule has 12 heteroatoms. The van der Waals surface area contributed by atoms with Crippen LogP contribution in [0, 0.1) is 0 Å². The molecule has 0 radical (unpaired) electrons. The molecule has 2 saturated heterocycles. The summed E-state index contributed by atoms with van der Waals surface area (Å²) in [6.45, 7) is 7.08. The maximum Gasteiger partial charge on any atom is 0.280 e. The first-order chi connectivity index (χ1) is 18.2. The lowest BCUT2D eigenvalue weighted by Crippen LogP contribution is -2.45. The van der Waals surface area contributed by atoms with Crippen molar-refractivity contribution < 1.29 is 19.1 Å². The molecule has 37 heavy (non-hydrogen) atoms. The molecule has 3 aliphatic heterocycles. The van der Waals surface area contributed by atoms with Crippen molar-refractivity contribution in [2.45, 2.75) is 0 Å².